The number of alkyl halides is 1. The van der Waals surface area contributed by atoms with E-state index >= 15 is 0 Å². The van der Waals surface area contributed by atoms with E-state index in [1.165, 1.54) is 6.20 Å². The molecule has 1 N–H and O–H groups in total. The molecule has 1 amide bonds. The van der Waals surface area contributed by atoms with Crippen molar-refractivity contribution in [3.05, 3.63) is 18.0 Å². The molecule has 0 aromatic carbocycles. The van der Waals surface area contributed by atoms with Gasteiger partial charge < -0.3 is 4.90 Å². The van der Waals surface area contributed by atoms with Crippen LogP contribution in [0.1, 0.15) is 24.2 Å². The van der Waals surface area contributed by atoms with Gasteiger partial charge in [-0.2, -0.15) is 5.10 Å². The Balaban J connectivity index is 2.74. The molecule has 1 aromatic rings. The maximum absolute atomic E-state index is 11.8. The summed E-state index contributed by atoms with van der Waals surface area (Å²) in [5.74, 6) is 0.413. The fourth-order valence-corrected chi connectivity index (χ4v) is 1.40. The molecule has 0 saturated heterocycles. The Morgan fingerprint density at radius 2 is 2.43 bits per heavy atom. The lowest BCUT2D eigenvalue weighted by Gasteiger charge is -2.25. The Kier molecular flexibility index (Phi) is 3.95. The third kappa shape index (κ3) is 2.48. The highest BCUT2D eigenvalue weighted by molar-refractivity contribution is 6.18. The van der Waals surface area contributed by atoms with Crippen molar-refractivity contribution in [3.8, 4) is 0 Å². The minimum absolute atomic E-state index is 0.0330. The van der Waals surface area contributed by atoms with Crippen LogP contribution in [0.2, 0.25) is 0 Å². The van der Waals surface area contributed by atoms with Crippen molar-refractivity contribution in [2.75, 3.05) is 12.4 Å². The summed E-state index contributed by atoms with van der Waals surface area (Å²) in [5, 5.41) is 6.36. The first kappa shape index (κ1) is 11.0. The van der Waals surface area contributed by atoms with Gasteiger partial charge in [-0.05, 0) is 13.8 Å². The molecule has 0 bridgehead atoms. The molecule has 0 saturated carbocycles. The van der Waals surface area contributed by atoms with Gasteiger partial charge in [0.15, 0.2) is 0 Å². The van der Waals surface area contributed by atoms with E-state index in [1.54, 1.807) is 11.1 Å². The van der Waals surface area contributed by atoms with E-state index in [0.29, 0.717) is 18.0 Å². The molecular weight excluding hydrogens is 202 g/mol. The summed E-state index contributed by atoms with van der Waals surface area (Å²) in [6.07, 6.45) is 3.11. The predicted octanol–water partition coefficient (Wildman–Crippen LogP) is 1.50. The lowest BCUT2D eigenvalue weighted by atomic mass is 10.2. The van der Waals surface area contributed by atoms with E-state index in [1.807, 2.05) is 13.8 Å². The van der Waals surface area contributed by atoms with Gasteiger partial charge in [-0.3, -0.25) is 9.89 Å². The van der Waals surface area contributed by atoms with Crippen molar-refractivity contribution in [2.45, 2.75) is 19.9 Å². The maximum Gasteiger partial charge on any atom is 0.257 e. The summed E-state index contributed by atoms with van der Waals surface area (Å²) in [6, 6.07) is 0.149. The van der Waals surface area contributed by atoms with Crippen molar-refractivity contribution < 1.29 is 4.79 Å². The summed E-state index contributed by atoms with van der Waals surface area (Å²) in [6.45, 7) is 4.48. The van der Waals surface area contributed by atoms with E-state index in [4.69, 9.17) is 11.6 Å². The number of aromatic nitrogens is 2. The predicted molar refractivity (Wildman–Crippen MR) is 55.5 cm³/mol. The minimum Gasteiger partial charge on any atom is -0.335 e. The van der Waals surface area contributed by atoms with Crippen molar-refractivity contribution in [3.63, 3.8) is 0 Å². The van der Waals surface area contributed by atoms with Gasteiger partial charge >= 0.3 is 0 Å². The molecule has 0 fully saturated rings. The number of aromatic amines is 1. The number of halogens is 1. The molecular formula is C9H14ClN3O. The van der Waals surface area contributed by atoms with E-state index in [0.717, 1.165) is 0 Å². The fourth-order valence-electron chi connectivity index (χ4n) is 1.22. The number of nitrogens with one attached hydrogen (secondary N) is 1. The van der Waals surface area contributed by atoms with Crippen LogP contribution in [0.15, 0.2) is 12.4 Å². The van der Waals surface area contributed by atoms with Crippen LogP contribution in [-0.4, -0.2) is 39.5 Å². The molecule has 4 nitrogen and oxygen atoms in total. The Labute approximate surface area is 88.2 Å². The number of amides is 1. The number of nitrogens with zero attached hydrogens (tertiary/aromatic N) is 2. The Hall–Kier alpha value is -1.03. The second-order valence-electron chi connectivity index (χ2n) is 3.27. The molecule has 1 rings (SSSR count). The second kappa shape index (κ2) is 5.00. The summed E-state index contributed by atoms with van der Waals surface area (Å²) in [5.41, 5.74) is 0.573. The number of hydrogen-bond donors (Lipinski definition) is 1. The zero-order chi connectivity index (χ0) is 10.6. The first-order valence-electron chi connectivity index (χ1n) is 4.52. The highest BCUT2D eigenvalue weighted by Gasteiger charge is 2.18. The molecule has 0 aliphatic carbocycles. The van der Waals surface area contributed by atoms with Crippen LogP contribution in [0.25, 0.3) is 0 Å². The van der Waals surface area contributed by atoms with Gasteiger partial charge in [0.1, 0.15) is 0 Å². The van der Waals surface area contributed by atoms with Crippen molar-refractivity contribution in [1.82, 2.24) is 15.1 Å². The first-order valence-corrected chi connectivity index (χ1v) is 5.06. The monoisotopic (exact) mass is 215 g/mol. The summed E-state index contributed by atoms with van der Waals surface area (Å²) < 4.78 is 0. The molecule has 78 valence electrons. The van der Waals surface area contributed by atoms with Gasteiger partial charge in [-0.1, -0.05) is 0 Å². The van der Waals surface area contributed by atoms with Crippen LogP contribution in [0, 0.1) is 0 Å². The lowest BCUT2D eigenvalue weighted by Crippen LogP contribution is -2.38. The Morgan fingerprint density at radius 3 is 2.86 bits per heavy atom. The first-order chi connectivity index (χ1) is 6.66. The lowest BCUT2D eigenvalue weighted by molar-refractivity contribution is 0.0718. The molecule has 5 heteroatoms. The molecule has 14 heavy (non-hydrogen) atoms. The van der Waals surface area contributed by atoms with E-state index < -0.39 is 0 Å². The van der Waals surface area contributed by atoms with Crippen LogP contribution in [0.3, 0.4) is 0 Å². The normalized spacial score (nSPS) is 10.6. The zero-order valence-electron chi connectivity index (χ0n) is 8.33. The van der Waals surface area contributed by atoms with Gasteiger partial charge in [0.25, 0.3) is 5.91 Å². The Morgan fingerprint density at radius 1 is 1.71 bits per heavy atom. The molecule has 0 radical (unpaired) electrons. The second-order valence-corrected chi connectivity index (χ2v) is 3.65. The quantitative estimate of drug-likeness (QED) is 0.774. The highest BCUT2D eigenvalue weighted by Crippen LogP contribution is 2.06. The van der Waals surface area contributed by atoms with Gasteiger partial charge in [0.2, 0.25) is 0 Å². The van der Waals surface area contributed by atoms with Gasteiger partial charge in [0, 0.05) is 24.7 Å². The molecule has 1 aromatic heterocycles. The van der Waals surface area contributed by atoms with Crippen LogP contribution in [-0.2, 0) is 0 Å². The minimum atomic E-state index is -0.0330. The number of carbonyl (C=O) groups excluding carboxylic acids is 1. The van der Waals surface area contributed by atoms with E-state index in [2.05, 4.69) is 10.2 Å². The Bertz CT molecular complexity index is 284. The number of hydrogen-bond acceptors (Lipinski definition) is 2. The van der Waals surface area contributed by atoms with Crippen molar-refractivity contribution in [1.29, 1.82) is 0 Å². The largest absolute Gasteiger partial charge is 0.335 e. The molecule has 0 aliphatic heterocycles. The molecule has 0 spiro atoms. The smallest absolute Gasteiger partial charge is 0.257 e. The average molecular weight is 216 g/mol. The molecule has 1 heterocycles. The summed E-state index contributed by atoms with van der Waals surface area (Å²) in [4.78, 5) is 13.6. The third-order valence-corrected chi connectivity index (χ3v) is 2.12. The van der Waals surface area contributed by atoms with Gasteiger partial charge in [-0.15, -0.1) is 11.6 Å². The molecule has 0 aliphatic rings. The average Bonchev–Trinajstić information content (AvgIpc) is 2.65. The number of rotatable bonds is 4. The van der Waals surface area contributed by atoms with Crippen LogP contribution in [0.4, 0.5) is 0 Å². The van der Waals surface area contributed by atoms with E-state index in [9.17, 15) is 4.79 Å². The number of H-pyrrole nitrogens is 1. The van der Waals surface area contributed by atoms with Crippen molar-refractivity contribution >= 4 is 17.5 Å². The number of carbonyl (C=O) groups is 1. The zero-order valence-corrected chi connectivity index (χ0v) is 9.08. The van der Waals surface area contributed by atoms with E-state index in [-0.39, 0.29) is 11.9 Å². The summed E-state index contributed by atoms with van der Waals surface area (Å²) >= 11 is 5.63. The van der Waals surface area contributed by atoms with Crippen molar-refractivity contribution in [2.24, 2.45) is 0 Å². The van der Waals surface area contributed by atoms with Crippen LogP contribution < -0.4 is 0 Å². The third-order valence-electron chi connectivity index (χ3n) is 1.95. The van der Waals surface area contributed by atoms with Crippen LogP contribution >= 0.6 is 11.6 Å². The molecule has 0 atom stereocenters. The fraction of sp³-hybridized carbons (Fsp3) is 0.556. The highest BCUT2D eigenvalue weighted by atomic mass is 35.5. The molecule has 0 unspecified atom stereocenters. The van der Waals surface area contributed by atoms with Gasteiger partial charge in [-0.25, -0.2) is 0 Å². The van der Waals surface area contributed by atoms with Gasteiger partial charge in [0.05, 0.1) is 11.8 Å². The van der Waals surface area contributed by atoms with Crippen LogP contribution in [0.5, 0.6) is 0 Å². The standard InChI is InChI=1S/C9H14ClN3O/c1-7(2)13(4-3-10)9(14)8-5-11-12-6-8/h5-7H,3-4H2,1-2H3,(H,11,12). The topological polar surface area (TPSA) is 49.0 Å². The maximum atomic E-state index is 11.8. The summed E-state index contributed by atoms with van der Waals surface area (Å²) in [7, 11) is 0. The SMILES string of the molecule is CC(C)N(CCCl)C(=O)c1cn[nH]c1.